The van der Waals surface area contributed by atoms with E-state index in [1.807, 2.05) is 6.08 Å². The monoisotopic (exact) mass is 384 g/mol. The lowest BCUT2D eigenvalue weighted by atomic mass is 10.1. The van der Waals surface area contributed by atoms with Gasteiger partial charge < -0.3 is 25.2 Å². The minimum absolute atomic E-state index is 0.0143. The van der Waals surface area contributed by atoms with Gasteiger partial charge in [-0.25, -0.2) is 9.59 Å². The highest BCUT2D eigenvalue weighted by atomic mass is 16.6. The minimum atomic E-state index is -1.16. The summed E-state index contributed by atoms with van der Waals surface area (Å²) in [6.07, 6.45) is 3.92. The number of aliphatic hydroxyl groups is 1. The van der Waals surface area contributed by atoms with Gasteiger partial charge >= 0.3 is 12.1 Å². The number of ether oxygens (including phenoxy) is 1. The topological polar surface area (TPSA) is 116 Å². The molecule has 1 heterocycles. The Kier molecular flexibility index (Phi) is 8.75. The maximum absolute atomic E-state index is 12.9. The molecule has 2 amide bonds. The van der Waals surface area contributed by atoms with Crippen LogP contribution in [0, 0.1) is 0 Å². The highest BCUT2D eigenvalue weighted by molar-refractivity contribution is 5.89. The van der Waals surface area contributed by atoms with Gasteiger partial charge in [-0.3, -0.25) is 4.79 Å². The van der Waals surface area contributed by atoms with Crippen LogP contribution in [-0.2, 0) is 14.3 Å². The third-order valence-electron chi connectivity index (χ3n) is 4.24. The van der Waals surface area contributed by atoms with Gasteiger partial charge in [-0.05, 0) is 40.0 Å². The van der Waals surface area contributed by atoms with Gasteiger partial charge in [0.1, 0.15) is 17.7 Å². The largest absolute Gasteiger partial charge is 0.480 e. The van der Waals surface area contributed by atoms with E-state index in [1.54, 1.807) is 20.8 Å². The first kappa shape index (κ1) is 23.0. The molecule has 0 bridgehead atoms. The van der Waals surface area contributed by atoms with Crippen LogP contribution in [0.25, 0.3) is 0 Å². The molecule has 0 saturated carbocycles. The zero-order valence-corrected chi connectivity index (χ0v) is 16.4. The van der Waals surface area contributed by atoms with Crippen molar-refractivity contribution in [1.29, 1.82) is 0 Å². The van der Waals surface area contributed by atoms with E-state index in [-0.39, 0.29) is 13.0 Å². The molecule has 0 unspecified atom stereocenters. The van der Waals surface area contributed by atoms with E-state index in [4.69, 9.17) is 4.74 Å². The molecule has 1 saturated heterocycles. The predicted molar refractivity (Wildman–Crippen MR) is 100 cm³/mol. The Bertz CT molecular complexity index is 543. The van der Waals surface area contributed by atoms with Crippen molar-refractivity contribution < 1.29 is 29.3 Å². The van der Waals surface area contributed by atoms with Gasteiger partial charge in [-0.1, -0.05) is 18.9 Å². The van der Waals surface area contributed by atoms with Crippen molar-refractivity contribution in [3.8, 4) is 0 Å². The number of carboxylic acid groups (broad SMARTS) is 1. The summed E-state index contributed by atoms with van der Waals surface area (Å²) in [4.78, 5) is 37.6. The van der Waals surface area contributed by atoms with Crippen LogP contribution in [-0.4, -0.2) is 63.4 Å². The van der Waals surface area contributed by atoms with Crippen LogP contribution in [0.1, 0.15) is 59.3 Å². The van der Waals surface area contributed by atoms with Gasteiger partial charge in [-0.2, -0.15) is 0 Å². The molecule has 8 nitrogen and oxygen atoms in total. The Morgan fingerprint density at radius 1 is 1.30 bits per heavy atom. The molecule has 8 heteroatoms. The second-order valence-electron chi connectivity index (χ2n) is 7.86. The number of nitrogens with one attached hydrogen (secondary N) is 1. The van der Waals surface area contributed by atoms with E-state index < -0.39 is 41.8 Å². The number of allylic oxidation sites excluding steroid dienone is 1. The highest BCUT2D eigenvalue weighted by Gasteiger charge is 2.41. The van der Waals surface area contributed by atoms with Crippen molar-refractivity contribution in [2.75, 3.05) is 6.54 Å². The number of aliphatic carboxylic acids is 1. The van der Waals surface area contributed by atoms with Gasteiger partial charge in [0.15, 0.2) is 0 Å². The first-order chi connectivity index (χ1) is 12.5. The summed E-state index contributed by atoms with van der Waals surface area (Å²) in [7, 11) is 0. The molecule has 1 fully saturated rings. The average molecular weight is 384 g/mol. The number of amides is 2. The number of carboxylic acids is 1. The fourth-order valence-electron chi connectivity index (χ4n) is 3.01. The molecule has 0 aromatic heterocycles. The van der Waals surface area contributed by atoms with Gasteiger partial charge in [0, 0.05) is 13.0 Å². The maximum atomic E-state index is 12.9. The standard InChI is InChI=1S/C19H32N2O6/c1-5-6-7-8-9-10-14(20-18(26)27-19(2,3)4)16(23)21-12-13(22)11-15(21)17(24)25/h5,13-15,22H,1,6-12H2,2-4H3,(H,20,26)(H,24,25)/t13-,14+,15-/m0/s1. The predicted octanol–water partition coefficient (Wildman–Crippen LogP) is 2.06. The van der Waals surface area contributed by atoms with E-state index in [2.05, 4.69) is 11.9 Å². The Balaban J connectivity index is 2.81. The van der Waals surface area contributed by atoms with E-state index in [0.717, 1.165) is 24.2 Å². The zero-order chi connectivity index (χ0) is 20.6. The summed E-state index contributed by atoms with van der Waals surface area (Å²) in [6.45, 7) is 8.76. The van der Waals surface area contributed by atoms with Crippen LogP contribution in [0.4, 0.5) is 4.79 Å². The summed E-state index contributed by atoms with van der Waals surface area (Å²) in [5, 5.41) is 21.7. The van der Waals surface area contributed by atoms with Crippen LogP contribution in [0.5, 0.6) is 0 Å². The Labute approximate surface area is 160 Å². The molecule has 0 aromatic carbocycles. The average Bonchev–Trinajstić information content (AvgIpc) is 2.93. The van der Waals surface area contributed by atoms with Crippen molar-refractivity contribution in [3.63, 3.8) is 0 Å². The smallest absolute Gasteiger partial charge is 0.408 e. The SMILES string of the molecule is C=CCCCCC[C@@H](NC(=O)OC(C)(C)C)C(=O)N1C[C@@H](O)C[C@H]1C(=O)O. The van der Waals surface area contributed by atoms with Crippen molar-refractivity contribution in [1.82, 2.24) is 10.2 Å². The molecule has 0 spiro atoms. The molecule has 0 radical (unpaired) electrons. The summed E-state index contributed by atoms with van der Waals surface area (Å²) in [5.74, 6) is -1.67. The number of rotatable bonds is 9. The number of aliphatic hydroxyl groups excluding tert-OH is 1. The molecular formula is C19H32N2O6. The summed E-state index contributed by atoms with van der Waals surface area (Å²) in [6, 6.07) is -1.98. The Morgan fingerprint density at radius 2 is 1.96 bits per heavy atom. The molecule has 27 heavy (non-hydrogen) atoms. The minimum Gasteiger partial charge on any atom is -0.480 e. The number of nitrogens with zero attached hydrogens (tertiary/aromatic N) is 1. The van der Waals surface area contributed by atoms with Crippen LogP contribution in [0.2, 0.25) is 0 Å². The van der Waals surface area contributed by atoms with Crippen molar-refractivity contribution in [2.24, 2.45) is 0 Å². The fraction of sp³-hybridized carbons (Fsp3) is 0.737. The number of likely N-dealkylation sites (tertiary alicyclic amines) is 1. The first-order valence-electron chi connectivity index (χ1n) is 9.37. The molecule has 1 aliphatic rings. The lowest BCUT2D eigenvalue weighted by molar-refractivity contribution is -0.149. The Morgan fingerprint density at radius 3 is 2.52 bits per heavy atom. The lowest BCUT2D eigenvalue weighted by Gasteiger charge is -2.28. The zero-order valence-electron chi connectivity index (χ0n) is 16.4. The Hall–Kier alpha value is -2.09. The van der Waals surface area contributed by atoms with Crippen molar-refractivity contribution >= 4 is 18.0 Å². The number of alkyl carbamates (subject to hydrolysis) is 1. The number of unbranched alkanes of at least 4 members (excludes halogenated alkanes) is 3. The van der Waals surface area contributed by atoms with Gasteiger partial charge in [0.25, 0.3) is 0 Å². The maximum Gasteiger partial charge on any atom is 0.408 e. The second kappa shape index (κ2) is 10.3. The number of carbonyl (C=O) groups excluding carboxylic acids is 2. The second-order valence-corrected chi connectivity index (χ2v) is 7.86. The molecule has 3 N–H and O–H groups in total. The number of β-amino-alcohol motifs (C(OH)–C–C–N with tert-alkyl or cyclic N) is 1. The molecule has 1 rings (SSSR count). The number of hydrogen-bond donors (Lipinski definition) is 3. The van der Waals surface area contributed by atoms with E-state index in [9.17, 15) is 24.6 Å². The first-order valence-corrected chi connectivity index (χ1v) is 9.37. The van der Waals surface area contributed by atoms with Gasteiger partial charge in [-0.15, -0.1) is 6.58 Å². The quantitative estimate of drug-likeness (QED) is 0.414. The van der Waals surface area contributed by atoms with Crippen LogP contribution in [0.15, 0.2) is 12.7 Å². The van der Waals surface area contributed by atoms with Crippen molar-refractivity contribution in [2.45, 2.75) is 83.1 Å². The molecular weight excluding hydrogens is 352 g/mol. The summed E-state index contributed by atoms with van der Waals surface area (Å²) >= 11 is 0. The van der Waals surface area contributed by atoms with Crippen LogP contribution in [0.3, 0.4) is 0 Å². The third kappa shape index (κ3) is 7.99. The molecule has 0 aromatic rings. The molecule has 3 atom stereocenters. The third-order valence-corrected chi connectivity index (χ3v) is 4.24. The van der Waals surface area contributed by atoms with Crippen LogP contribution < -0.4 is 5.32 Å². The lowest BCUT2D eigenvalue weighted by Crippen LogP contribution is -2.52. The normalized spacial score (nSPS) is 20.8. The number of carbonyl (C=O) groups is 3. The van der Waals surface area contributed by atoms with E-state index >= 15 is 0 Å². The van der Waals surface area contributed by atoms with Crippen LogP contribution >= 0.6 is 0 Å². The summed E-state index contributed by atoms with van der Waals surface area (Å²) in [5.41, 5.74) is -0.713. The van der Waals surface area contributed by atoms with E-state index in [1.165, 1.54) is 0 Å². The van der Waals surface area contributed by atoms with Crippen molar-refractivity contribution in [3.05, 3.63) is 12.7 Å². The highest BCUT2D eigenvalue weighted by Crippen LogP contribution is 2.21. The molecule has 154 valence electrons. The number of hydrogen-bond acceptors (Lipinski definition) is 5. The molecule has 1 aliphatic heterocycles. The van der Waals surface area contributed by atoms with Gasteiger partial charge in [0.05, 0.1) is 6.10 Å². The van der Waals surface area contributed by atoms with Gasteiger partial charge in [0.2, 0.25) is 5.91 Å². The summed E-state index contributed by atoms with van der Waals surface area (Å²) < 4.78 is 5.22. The molecule has 0 aliphatic carbocycles. The fourth-order valence-corrected chi connectivity index (χ4v) is 3.01. The van der Waals surface area contributed by atoms with E-state index in [0.29, 0.717) is 12.8 Å².